The molecule has 6 aromatic rings. The first-order valence-electron chi connectivity index (χ1n) is 17.1. The molecule has 9 rings (SSSR count). The molecule has 1 unspecified atom stereocenters. The molecule has 11 nitrogen and oxygen atoms in total. The molecule has 2 atom stereocenters. The van der Waals surface area contributed by atoms with Gasteiger partial charge in [0.15, 0.2) is 11.6 Å². The molecule has 14 heteroatoms. The number of morpholine rings is 1. The molecule has 2 aliphatic heterocycles. The van der Waals surface area contributed by atoms with E-state index in [9.17, 15) is 18.4 Å². The Kier molecular flexibility index (Phi) is 7.88. The van der Waals surface area contributed by atoms with Gasteiger partial charge in [-0.1, -0.05) is 18.2 Å². The van der Waals surface area contributed by atoms with Crippen molar-refractivity contribution >= 4 is 33.1 Å². The Hall–Kier alpha value is -5.47. The highest BCUT2D eigenvalue weighted by atomic mass is 32.1. The number of pyridine rings is 2. The van der Waals surface area contributed by atoms with Gasteiger partial charge in [-0.2, -0.15) is 0 Å². The molecule has 2 N–H and O–H groups in total. The number of hydrogen-bond donors (Lipinski definition) is 2. The number of benzene rings is 2. The van der Waals surface area contributed by atoms with Crippen LogP contribution in [-0.2, 0) is 24.0 Å². The van der Waals surface area contributed by atoms with Crippen molar-refractivity contribution in [2.45, 2.75) is 44.7 Å². The number of methoxy groups -OCH3 is 1. The van der Waals surface area contributed by atoms with E-state index in [4.69, 9.17) is 23.9 Å². The summed E-state index contributed by atoms with van der Waals surface area (Å²) in [5.74, 6) is -0.669. The molecule has 0 saturated carbocycles. The quantitative estimate of drug-likeness (QED) is 0.176. The summed E-state index contributed by atoms with van der Waals surface area (Å²) in [4.78, 5) is 39.3. The van der Waals surface area contributed by atoms with Gasteiger partial charge in [0, 0.05) is 28.2 Å². The first-order chi connectivity index (χ1) is 25.3. The van der Waals surface area contributed by atoms with Gasteiger partial charge in [0.1, 0.15) is 11.6 Å². The maximum absolute atomic E-state index is 14.5. The fourth-order valence-electron chi connectivity index (χ4n) is 7.82. The maximum Gasteiger partial charge on any atom is 0.434 e. The van der Waals surface area contributed by atoms with Crippen LogP contribution < -0.4 is 15.8 Å². The average Bonchev–Trinajstić information content (AvgIpc) is 3.93. The second-order valence-electron chi connectivity index (χ2n) is 13.2. The molecule has 6 heterocycles. The predicted octanol–water partition coefficient (Wildman–Crippen LogP) is 6.71. The van der Waals surface area contributed by atoms with E-state index in [1.165, 1.54) is 36.6 Å². The number of nitrogens with one attached hydrogen (secondary N) is 2. The largest absolute Gasteiger partial charge is 0.493 e. The Morgan fingerprint density at radius 2 is 1.90 bits per heavy atom. The number of carbonyl (C=O) groups excluding carboxylic acids is 1. The first-order valence-corrected chi connectivity index (χ1v) is 17.9. The topological polar surface area (TPSA) is 135 Å². The Morgan fingerprint density at radius 3 is 2.69 bits per heavy atom. The molecule has 4 aromatic heterocycles. The highest BCUT2D eigenvalue weighted by Gasteiger charge is 2.44. The molecule has 264 valence electrons. The lowest BCUT2D eigenvalue weighted by molar-refractivity contribution is 0.00352. The minimum Gasteiger partial charge on any atom is -0.493 e. The predicted molar refractivity (Wildman–Crippen MR) is 190 cm³/mol. The number of carbonyl (C=O) groups is 1. The van der Waals surface area contributed by atoms with Gasteiger partial charge < -0.3 is 24.1 Å². The highest BCUT2D eigenvalue weighted by molar-refractivity contribution is 7.23. The van der Waals surface area contributed by atoms with E-state index in [1.54, 1.807) is 23.1 Å². The number of rotatable bonds is 8. The molecular weight excluding hydrogens is 691 g/mol. The van der Waals surface area contributed by atoms with Gasteiger partial charge >= 0.3 is 5.76 Å². The number of aromatic amines is 1. The summed E-state index contributed by atoms with van der Waals surface area (Å²) in [6.07, 6.45) is 2.29. The average molecular weight is 723 g/mol. The second-order valence-corrected chi connectivity index (χ2v) is 14.3. The normalized spacial score (nSPS) is 17.8. The van der Waals surface area contributed by atoms with E-state index in [0.717, 1.165) is 43.8 Å². The van der Waals surface area contributed by atoms with E-state index in [2.05, 4.69) is 15.5 Å². The zero-order valence-corrected chi connectivity index (χ0v) is 29.0. The van der Waals surface area contributed by atoms with Crippen LogP contribution in [0.1, 0.15) is 62.6 Å². The lowest BCUT2D eigenvalue weighted by atomic mass is 9.93. The van der Waals surface area contributed by atoms with Gasteiger partial charge in [0.2, 0.25) is 0 Å². The van der Waals surface area contributed by atoms with Crippen LogP contribution >= 0.6 is 11.3 Å². The van der Waals surface area contributed by atoms with Crippen molar-refractivity contribution in [3.8, 4) is 27.6 Å². The molecule has 0 spiro atoms. The van der Waals surface area contributed by atoms with Crippen LogP contribution in [-0.4, -0.2) is 57.8 Å². The molecule has 0 bridgehead atoms. The lowest BCUT2D eigenvalue weighted by Crippen LogP contribution is -2.38. The van der Waals surface area contributed by atoms with Crippen molar-refractivity contribution in [3.63, 3.8) is 0 Å². The smallest absolute Gasteiger partial charge is 0.434 e. The van der Waals surface area contributed by atoms with Crippen LogP contribution in [0.4, 0.5) is 14.6 Å². The molecular formula is C38H32F2N6O5S. The van der Waals surface area contributed by atoms with E-state index >= 15 is 0 Å². The molecule has 3 aliphatic rings. The fourth-order valence-corrected chi connectivity index (χ4v) is 8.97. The van der Waals surface area contributed by atoms with Crippen molar-refractivity contribution in [3.05, 3.63) is 110 Å². The Balaban J connectivity index is 1.22. The summed E-state index contributed by atoms with van der Waals surface area (Å²) in [6.45, 7) is 3.06. The summed E-state index contributed by atoms with van der Waals surface area (Å²) < 4.78 is 46.0. The van der Waals surface area contributed by atoms with Crippen LogP contribution in [0.2, 0.25) is 0 Å². The number of H-pyrrole nitrogens is 1. The zero-order valence-electron chi connectivity index (χ0n) is 28.2. The molecule has 1 fully saturated rings. The van der Waals surface area contributed by atoms with Crippen molar-refractivity contribution in [1.29, 1.82) is 0 Å². The minimum atomic E-state index is -0.737. The summed E-state index contributed by atoms with van der Waals surface area (Å²) in [7, 11) is 1.48. The van der Waals surface area contributed by atoms with E-state index < -0.39 is 5.76 Å². The SMILES string of the molecule is COc1c(F)ccc2c1CC[C@H]2Nc1nc(C)cc2cc(-c3c4c(nc(CCc5ccc(F)cc5)c3-c3n[nH]c(=O)o3)C3COCCN3C4=O)sc12. The molecule has 0 radical (unpaired) electrons. The van der Waals surface area contributed by atoms with Crippen LogP contribution in [0.3, 0.4) is 0 Å². The minimum absolute atomic E-state index is 0.0205. The number of hydrogen-bond acceptors (Lipinski definition) is 10. The number of halogens is 2. The number of ether oxygens (including phenoxy) is 2. The maximum atomic E-state index is 14.5. The van der Waals surface area contributed by atoms with Crippen molar-refractivity contribution < 1.29 is 27.5 Å². The number of amides is 1. The Bertz CT molecular complexity index is 2460. The monoisotopic (exact) mass is 722 g/mol. The fraction of sp³-hybridized carbons (Fsp3) is 0.289. The van der Waals surface area contributed by atoms with Gasteiger partial charge in [-0.25, -0.2) is 23.7 Å². The third-order valence-electron chi connectivity index (χ3n) is 10.1. The summed E-state index contributed by atoms with van der Waals surface area (Å²) in [5.41, 5.74) is 6.12. The molecule has 1 amide bonds. The number of aryl methyl sites for hydroxylation is 3. The number of thiophene rings is 1. The third kappa shape index (κ3) is 5.35. The first kappa shape index (κ1) is 32.4. The van der Waals surface area contributed by atoms with Crippen LogP contribution in [0.15, 0.2) is 57.7 Å². The molecule has 52 heavy (non-hydrogen) atoms. The highest BCUT2D eigenvalue weighted by Crippen LogP contribution is 2.49. The second kappa shape index (κ2) is 12.6. The standard InChI is InChI=1S/C38H32F2N6O5S/c1-18-15-20-16-28(52-34(20)35(41-18)43-25-12-9-23-22(25)8-10-24(40)33(23)49-2)30-29(36-44-45-38(48)51-36)26(11-5-19-3-6-21(39)7-4-19)42-32-27-17-50-14-13-46(27)37(47)31(30)32/h3-4,6-8,10,15-16,25,27H,5,9,11-14,17H2,1-2H3,(H,41,43)(H,45,48)/t25-,27?/m1/s1. The molecule has 1 aliphatic carbocycles. The van der Waals surface area contributed by atoms with Gasteiger partial charge in [0.25, 0.3) is 11.8 Å². The van der Waals surface area contributed by atoms with Gasteiger partial charge in [-0.05, 0) is 79.5 Å². The van der Waals surface area contributed by atoms with Gasteiger partial charge in [-0.15, -0.1) is 16.4 Å². The van der Waals surface area contributed by atoms with E-state index in [0.29, 0.717) is 72.9 Å². The number of nitrogens with zero attached hydrogens (tertiary/aromatic N) is 4. The lowest BCUT2D eigenvalue weighted by Gasteiger charge is -2.29. The summed E-state index contributed by atoms with van der Waals surface area (Å²) in [5, 5.41) is 11.2. The number of fused-ring (bicyclic) bond motifs is 5. The Labute approximate surface area is 299 Å². The van der Waals surface area contributed by atoms with Crippen molar-refractivity contribution in [1.82, 2.24) is 25.1 Å². The van der Waals surface area contributed by atoms with Crippen LogP contribution in [0.5, 0.6) is 5.75 Å². The van der Waals surface area contributed by atoms with Crippen LogP contribution in [0, 0.1) is 18.6 Å². The third-order valence-corrected chi connectivity index (χ3v) is 11.3. The summed E-state index contributed by atoms with van der Waals surface area (Å²) in [6, 6.07) is 13.0. The Morgan fingerprint density at radius 1 is 1.06 bits per heavy atom. The summed E-state index contributed by atoms with van der Waals surface area (Å²) >= 11 is 1.46. The number of anilines is 1. The van der Waals surface area contributed by atoms with Gasteiger partial charge in [-0.3, -0.25) is 9.78 Å². The molecule has 1 saturated heterocycles. The number of aromatic nitrogens is 4. The van der Waals surface area contributed by atoms with Crippen molar-refractivity contribution in [2.24, 2.45) is 0 Å². The van der Waals surface area contributed by atoms with E-state index in [1.807, 2.05) is 19.1 Å². The van der Waals surface area contributed by atoms with Crippen molar-refractivity contribution in [2.75, 3.05) is 32.2 Å². The van der Waals surface area contributed by atoms with Gasteiger partial charge in [0.05, 0.1) is 59.6 Å². The zero-order chi connectivity index (χ0) is 35.7. The van der Waals surface area contributed by atoms with E-state index in [-0.39, 0.29) is 41.3 Å². The molecule has 2 aromatic carbocycles. The van der Waals surface area contributed by atoms with Crippen LogP contribution in [0.25, 0.3) is 32.0 Å².